The second-order valence-corrected chi connectivity index (χ2v) is 13.8. The minimum absolute atomic E-state index is 0.0442. The lowest BCUT2D eigenvalue weighted by Crippen LogP contribution is -2.40. The Kier molecular flexibility index (Phi) is 13.4. The van der Waals surface area contributed by atoms with Gasteiger partial charge in [0.1, 0.15) is 0 Å². The summed E-state index contributed by atoms with van der Waals surface area (Å²) < 4.78 is 0. The highest BCUT2D eigenvalue weighted by Crippen LogP contribution is 2.45. The van der Waals surface area contributed by atoms with E-state index in [1.807, 2.05) is 6.92 Å². The van der Waals surface area contributed by atoms with Crippen LogP contribution >= 0.6 is 0 Å². The third-order valence-corrected chi connectivity index (χ3v) is 9.03. The first-order valence-electron chi connectivity index (χ1n) is 15.6. The van der Waals surface area contributed by atoms with Gasteiger partial charge in [-0.25, -0.2) is 0 Å². The van der Waals surface area contributed by atoms with Crippen molar-refractivity contribution in [3.63, 3.8) is 0 Å². The molecule has 1 fully saturated rings. The number of rotatable bonds is 10. The van der Waals surface area contributed by atoms with E-state index in [9.17, 15) is 9.90 Å². The van der Waals surface area contributed by atoms with Crippen molar-refractivity contribution in [1.82, 2.24) is 0 Å². The van der Waals surface area contributed by atoms with E-state index in [4.69, 9.17) is 0 Å². The molecule has 0 radical (unpaired) electrons. The van der Waals surface area contributed by atoms with Crippen LogP contribution < -0.4 is 0 Å². The number of hydrogen-bond donors (Lipinski definition) is 1. The highest BCUT2D eigenvalue weighted by molar-refractivity contribution is 5.97. The Morgan fingerprint density at radius 1 is 0.762 bits per heavy atom. The van der Waals surface area contributed by atoms with Crippen LogP contribution in [0, 0.1) is 22.7 Å². The molecule has 228 valence electrons. The summed E-state index contributed by atoms with van der Waals surface area (Å²) in [6.45, 7) is 21.6. The molecule has 0 bridgehead atoms. The minimum atomic E-state index is -0.197. The van der Waals surface area contributed by atoms with Crippen molar-refractivity contribution in [2.45, 2.75) is 101 Å². The van der Waals surface area contributed by atoms with Gasteiger partial charge in [0.05, 0.1) is 6.10 Å². The fourth-order valence-electron chi connectivity index (χ4n) is 5.90. The average molecular weight is 569 g/mol. The highest BCUT2D eigenvalue weighted by Gasteiger charge is 2.39. The van der Waals surface area contributed by atoms with Gasteiger partial charge in [0, 0.05) is 6.42 Å². The van der Waals surface area contributed by atoms with E-state index in [0.717, 1.165) is 36.0 Å². The van der Waals surface area contributed by atoms with Gasteiger partial charge in [0.2, 0.25) is 0 Å². The Bertz CT molecular complexity index is 1260. The summed E-state index contributed by atoms with van der Waals surface area (Å²) in [6.07, 6.45) is 33.1. The lowest BCUT2D eigenvalue weighted by molar-refractivity contribution is -0.116. The first-order valence-corrected chi connectivity index (χ1v) is 15.6. The first-order chi connectivity index (χ1) is 19.6. The zero-order valence-electron chi connectivity index (χ0n) is 28.0. The van der Waals surface area contributed by atoms with E-state index in [2.05, 4.69) is 147 Å². The van der Waals surface area contributed by atoms with Crippen molar-refractivity contribution < 1.29 is 9.90 Å². The molecular formula is C40H56O2. The highest BCUT2D eigenvalue weighted by atomic mass is 16.3. The third-order valence-electron chi connectivity index (χ3n) is 9.03. The first kappa shape index (κ1) is 35.2. The van der Waals surface area contributed by atoms with Crippen LogP contribution in [0.5, 0.6) is 0 Å². The van der Waals surface area contributed by atoms with Gasteiger partial charge >= 0.3 is 0 Å². The minimum Gasteiger partial charge on any atom is -0.393 e. The Labute approximate surface area is 257 Å². The Morgan fingerprint density at radius 3 is 1.83 bits per heavy atom. The van der Waals surface area contributed by atoms with Gasteiger partial charge < -0.3 is 5.11 Å². The quantitative estimate of drug-likeness (QED) is 0.266. The SMILES string of the molecule is CC1=C(/C=C/C(C)=C/C=C/C(C)=C/C=C/C=C(C)/C=C/C=C(C)/C=C/C2C(C)C(O)CCC2(C)C)C(C)(C)CCC1=O. The standard InChI is InChI=1S/C40H56O2/c1-29(17-13-19-31(3)21-23-35-33(5)37(41)25-27-39(35,7)8)15-11-12-16-30(2)18-14-20-32(4)22-24-36-34(6)38(42)26-28-40(36,9)10/h11-24,33,35,37,41H,25-28H2,1-10H3/b12-11+,17-13+,18-14+,23-21+,24-22+,29-15+,30-16+,31-19+,32-20+. The van der Waals surface area contributed by atoms with Crippen molar-refractivity contribution in [2.75, 3.05) is 0 Å². The second kappa shape index (κ2) is 16.0. The number of aliphatic hydroxyl groups is 1. The lowest BCUT2D eigenvalue weighted by Gasteiger charge is -2.44. The van der Waals surface area contributed by atoms with E-state index in [1.165, 1.54) is 16.7 Å². The smallest absolute Gasteiger partial charge is 0.158 e. The molecule has 1 saturated carbocycles. The molecule has 2 aliphatic carbocycles. The molecule has 0 aromatic rings. The number of hydrogen-bond acceptors (Lipinski definition) is 2. The van der Waals surface area contributed by atoms with Crippen LogP contribution in [0.4, 0.5) is 0 Å². The van der Waals surface area contributed by atoms with Crippen LogP contribution in [0.1, 0.15) is 94.9 Å². The molecule has 0 heterocycles. The zero-order chi connectivity index (χ0) is 31.5. The lowest BCUT2D eigenvalue weighted by atomic mass is 9.63. The number of Topliss-reactive ketones (excluding diaryl/α,β-unsaturated/α-hetero) is 1. The molecule has 42 heavy (non-hydrogen) atoms. The maximum absolute atomic E-state index is 12.2. The van der Waals surface area contributed by atoms with Crippen molar-refractivity contribution in [3.05, 3.63) is 119 Å². The van der Waals surface area contributed by atoms with Gasteiger partial charge in [-0.3, -0.25) is 4.79 Å². The predicted molar refractivity (Wildman–Crippen MR) is 183 cm³/mol. The maximum atomic E-state index is 12.2. The van der Waals surface area contributed by atoms with E-state index in [0.29, 0.717) is 12.3 Å². The van der Waals surface area contributed by atoms with Crippen molar-refractivity contribution in [3.8, 4) is 0 Å². The van der Waals surface area contributed by atoms with Crippen LogP contribution in [0.15, 0.2) is 119 Å². The van der Waals surface area contributed by atoms with E-state index < -0.39 is 0 Å². The number of carbonyl (C=O) groups excluding carboxylic acids is 1. The maximum Gasteiger partial charge on any atom is 0.158 e. The molecule has 0 amide bonds. The molecule has 0 aromatic carbocycles. The molecule has 0 saturated heterocycles. The largest absolute Gasteiger partial charge is 0.393 e. The van der Waals surface area contributed by atoms with Crippen LogP contribution in [0.2, 0.25) is 0 Å². The molecular weight excluding hydrogens is 512 g/mol. The molecule has 2 heteroatoms. The van der Waals surface area contributed by atoms with Gasteiger partial charge in [-0.1, -0.05) is 142 Å². The monoisotopic (exact) mass is 568 g/mol. The molecule has 0 aromatic heterocycles. The molecule has 3 atom stereocenters. The van der Waals surface area contributed by atoms with Gasteiger partial charge in [-0.2, -0.15) is 0 Å². The summed E-state index contributed by atoms with van der Waals surface area (Å²) >= 11 is 0. The van der Waals surface area contributed by atoms with Crippen molar-refractivity contribution >= 4 is 5.78 Å². The zero-order valence-corrected chi connectivity index (χ0v) is 28.0. The van der Waals surface area contributed by atoms with Gasteiger partial charge in [-0.05, 0) is 87.7 Å². The summed E-state index contributed by atoms with van der Waals surface area (Å²) in [6, 6.07) is 0. The molecule has 2 nitrogen and oxygen atoms in total. The molecule has 0 spiro atoms. The molecule has 1 N–H and O–H groups in total. The number of carbonyl (C=O) groups is 1. The summed E-state index contributed by atoms with van der Waals surface area (Å²) in [7, 11) is 0. The summed E-state index contributed by atoms with van der Waals surface area (Å²) in [5.74, 6) is 0.950. The number of ketones is 1. The normalized spacial score (nSPS) is 26.7. The number of allylic oxidation sites excluding steroid dienone is 20. The fraction of sp³-hybridized carbons (Fsp3) is 0.475. The summed E-state index contributed by atoms with van der Waals surface area (Å²) in [4.78, 5) is 12.2. The molecule has 0 aliphatic heterocycles. The summed E-state index contributed by atoms with van der Waals surface area (Å²) in [5.41, 5.74) is 7.06. The van der Waals surface area contributed by atoms with Crippen molar-refractivity contribution in [1.29, 1.82) is 0 Å². The van der Waals surface area contributed by atoms with E-state index in [1.54, 1.807) is 0 Å². The fourth-order valence-corrected chi connectivity index (χ4v) is 5.90. The van der Waals surface area contributed by atoms with E-state index in [-0.39, 0.29) is 28.6 Å². The third kappa shape index (κ3) is 11.0. The topological polar surface area (TPSA) is 37.3 Å². The van der Waals surface area contributed by atoms with Crippen LogP contribution in [-0.4, -0.2) is 17.0 Å². The average Bonchev–Trinajstić information content (AvgIpc) is 2.91. The van der Waals surface area contributed by atoms with Gasteiger partial charge in [0.15, 0.2) is 5.78 Å². The second-order valence-electron chi connectivity index (χ2n) is 13.8. The summed E-state index contributed by atoms with van der Waals surface area (Å²) in [5, 5.41) is 10.3. The predicted octanol–water partition coefficient (Wildman–Crippen LogP) is 10.7. The Hall–Kier alpha value is -2.97. The van der Waals surface area contributed by atoms with Crippen LogP contribution in [-0.2, 0) is 4.79 Å². The van der Waals surface area contributed by atoms with Crippen molar-refractivity contribution in [2.24, 2.45) is 22.7 Å². The van der Waals surface area contributed by atoms with Crippen LogP contribution in [0.25, 0.3) is 0 Å². The van der Waals surface area contributed by atoms with Gasteiger partial charge in [-0.15, -0.1) is 0 Å². The molecule has 3 unspecified atom stereocenters. The van der Waals surface area contributed by atoms with Gasteiger partial charge in [0.25, 0.3) is 0 Å². The van der Waals surface area contributed by atoms with Crippen LogP contribution in [0.3, 0.4) is 0 Å². The Balaban J connectivity index is 1.90. The van der Waals surface area contributed by atoms with E-state index >= 15 is 0 Å². The molecule has 2 rings (SSSR count). The number of aliphatic hydroxyl groups excluding tert-OH is 1. The Morgan fingerprint density at radius 2 is 1.26 bits per heavy atom. The molecule has 2 aliphatic rings.